The minimum absolute atomic E-state index is 0.577. The van der Waals surface area contributed by atoms with E-state index in [4.69, 9.17) is 42.4 Å². The van der Waals surface area contributed by atoms with Crippen molar-refractivity contribution in [2.24, 2.45) is 0 Å². The zero-order chi connectivity index (χ0) is 23.3. The highest BCUT2D eigenvalue weighted by Gasteiger charge is 2.42. The van der Waals surface area contributed by atoms with Gasteiger partial charge in [0.2, 0.25) is 0 Å². The van der Waals surface area contributed by atoms with Crippen LogP contribution in [-0.2, 0) is 31.3 Å². The van der Waals surface area contributed by atoms with Crippen LogP contribution in [0.15, 0.2) is 0 Å². The van der Waals surface area contributed by atoms with Crippen molar-refractivity contribution >= 4 is 44.1 Å². The lowest BCUT2D eigenvalue weighted by Crippen LogP contribution is -2.55. The molecule has 0 aromatic carbocycles. The molecule has 7 nitrogen and oxygen atoms in total. The van der Waals surface area contributed by atoms with E-state index < -0.39 is 33.1 Å². The van der Waals surface area contributed by atoms with Crippen LogP contribution in [0.4, 0.5) is 0 Å². The third-order valence-electron chi connectivity index (χ3n) is 3.75. The van der Waals surface area contributed by atoms with Crippen LogP contribution in [0.2, 0.25) is 58.4 Å². The summed E-state index contributed by atoms with van der Waals surface area (Å²) in [7, 11) is -6.95. The molecule has 0 N–H and O–H groups in total. The van der Waals surface area contributed by atoms with Crippen LogP contribution >= 0.6 is 11.1 Å². The molecule has 0 saturated heterocycles. The average molecular weight is 521 g/mol. The minimum atomic E-state index is -2.31. The summed E-state index contributed by atoms with van der Waals surface area (Å²) in [6, 6.07) is 1.03. The molecular weight excluding hydrogens is 476 g/mol. The van der Waals surface area contributed by atoms with E-state index in [0.717, 1.165) is 12.5 Å². The zero-order valence-corrected chi connectivity index (χ0v) is 25.4. The van der Waals surface area contributed by atoms with Crippen molar-refractivity contribution in [1.82, 2.24) is 0 Å². The van der Waals surface area contributed by atoms with E-state index in [1.807, 2.05) is 13.1 Å². The summed E-state index contributed by atoms with van der Waals surface area (Å²) in [5.74, 6) is 0. The molecule has 0 aliphatic heterocycles. The molecule has 0 spiro atoms. The molecule has 182 valence electrons. The number of halogens is 1. The molecule has 0 heterocycles. The molecule has 0 rings (SSSR count). The van der Waals surface area contributed by atoms with E-state index in [9.17, 15) is 0 Å². The van der Waals surface area contributed by atoms with E-state index in [2.05, 4.69) is 39.3 Å². The minimum Gasteiger partial charge on any atom is -0.436 e. The number of rotatable bonds is 19. The van der Waals surface area contributed by atoms with Gasteiger partial charge in [-0.25, -0.2) is 0 Å². The fourth-order valence-electron chi connectivity index (χ4n) is 3.22. The summed E-state index contributed by atoms with van der Waals surface area (Å²) in [5, 5.41) is 0. The van der Waals surface area contributed by atoms with Gasteiger partial charge >= 0.3 is 17.1 Å². The first kappa shape index (κ1) is 30.9. The molecule has 30 heavy (non-hydrogen) atoms. The quantitative estimate of drug-likeness (QED) is 0.139. The maximum Gasteiger partial charge on any atom is 0.313 e. The monoisotopic (exact) mass is 520 g/mol. The Balaban J connectivity index is 3.98. The predicted molar refractivity (Wildman–Crippen MR) is 133 cm³/mol. The van der Waals surface area contributed by atoms with Crippen molar-refractivity contribution in [2.45, 2.75) is 64.8 Å². The Bertz CT molecular complexity index is 449. The van der Waals surface area contributed by atoms with Gasteiger partial charge in [-0.1, -0.05) is 0 Å². The molecule has 0 aliphatic carbocycles. The highest BCUT2D eigenvalue weighted by molar-refractivity contribution is 7.17. The molecule has 0 saturated carbocycles. The van der Waals surface area contributed by atoms with Gasteiger partial charge in [0.15, 0.2) is 8.32 Å². The Hall–Kier alpha value is 0.878. The Morgan fingerprint density at radius 2 is 1.00 bits per heavy atom. The summed E-state index contributed by atoms with van der Waals surface area (Å²) >= 11 is 6.36. The smallest absolute Gasteiger partial charge is 0.313 e. The summed E-state index contributed by atoms with van der Waals surface area (Å²) in [6.45, 7) is 21.0. The van der Waals surface area contributed by atoms with Gasteiger partial charge < -0.3 is 31.3 Å². The fraction of sp³-hybridized carbons (Fsp3) is 1.00. The molecule has 0 aliphatic rings. The normalized spacial score (nSPS) is 13.8. The molecule has 0 bridgehead atoms. The van der Waals surface area contributed by atoms with E-state index in [1.165, 1.54) is 0 Å². The lowest BCUT2D eigenvalue weighted by Gasteiger charge is -2.39. The Morgan fingerprint density at radius 3 is 1.47 bits per heavy atom. The molecule has 0 radical (unpaired) electrons. The van der Waals surface area contributed by atoms with Crippen LogP contribution in [0, 0.1) is 0 Å². The highest BCUT2D eigenvalue weighted by atomic mass is 35.6. The van der Waals surface area contributed by atoms with Gasteiger partial charge in [0.05, 0.1) is 39.6 Å². The van der Waals surface area contributed by atoms with Gasteiger partial charge in [-0.3, -0.25) is 0 Å². The zero-order valence-electron chi connectivity index (χ0n) is 20.6. The van der Waals surface area contributed by atoms with Crippen LogP contribution < -0.4 is 0 Å². The predicted octanol–water partition coefficient (Wildman–Crippen LogP) is 4.67. The second kappa shape index (κ2) is 14.9. The number of methoxy groups -OCH3 is 1. The van der Waals surface area contributed by atoms with Crippen molar-refractivity contribution < 1.29 is 31.3 Å². The highest BCUT2D eigenvalue weighted by Crippen LogP contribution is 2.26. The van der Waals surface area contributed by atoms with Gasteiger partial charge in [-0.05, 0) is 64.8 Å². The van der Waals surface area contributed by atoms with Gasteiger partial charge in [-0.2, -0.15) is 0 Å². The van der Waals surface area contributed by atoms with Crippen LogP contribution in [0.3, 0.4) is 0 Å². The average Bonchev–Trinajstić information content (AvgIpc) is 2.51. The number of hydrogen-bond acceptors (Lipinski definition) is 7. The molecule has 0 amide bonds. The third kappa shape index (κ3) is 19.6. The summed E-state index contributed by atoms with van der Waals surface area (Å²) in [4.78, 5) is 0. The van der Waals surface area contributed by atoms with Crippen LogP contribution in [-0.4, -0.2) is 86.4 Å². The second-order valence-corrected chi connectivity index (χ2v) is 26.7. The maximum absolute atomic E-state index is 6.56. The molecule has 0 atom stereocenters. The Morgan fingerprint density at radius 1 is 0.567 bits per heavy atom. The first-order valence-corrected chi connectivity index (χ1v) is 23.4. The molecule has 0 fully saturated rings. The van der Waals surface area contributed by atoms with Gasteiger partial charge in [0, 0.05) is 13.7 Å². The van der Waals surface area contributed by atoms with Gasteiger partial charge in [-0.15, -0.1) is 11.1 Å². The summed E-state index contributed by atoms with van der Waals surface area (Å²) < 4.78 is 40.5. The molecule has 0 aromatic heterocycles. The van der Waals surface area contributed by atoms with Crippen LogP contribution in [0.25, 0.3) is 0 Å². The van der Waals surface area contributed by atoms with Crippen molar-refractivity contribution in [3.63, 3.8) is 0 Å². The van der Waals surface area contributed by atoms with E-state index in [-0.39, 0.29) is 0 Å². The first-order chi connectivity index (χ1) is 13.7. The maximum atomic E-state index is 6.56. The fourth-order valence-corrected chi connectivity index (χ4v) is 22.1. The lowest BCUT2D eigenvalue weighted by molar-refractivity contribution is 0.00371. The topological polar surface area (TPSA) is 64.6 Å². The van der Waals surface area contributed by atoms with Crippen LogP contribution in [0.5, 0.6) is 0 Å². The summed E-state index contributed by atoms with van der Waals surface area (Å²) in [5.41, 5.74) is 0. The Kier molecular flexibility index (Phi) is 15.3. The van der Waals surface area contributed by atoms with Crippen molar-refractivity contribution in [2.75, 3.05) is 53.4 Å². The standard InChI is InChI=1S/C18H45ClO7Si4/c1-20-12-13-22-16-17-23-15-14-21-11-10-18-27(2,3)24-29(6,7)26-30(8,9)25-28(4,5)19/h10-18H2,1-9H3. The molecular formula is C18H45ClO7Si4. The molecule has 0 unspecified atom stereocenters. The molecule has 12 heteroatoms. The second-order valence-electron chi connectivity index (χ2n) is 9.16. The Labute approximate surface area is 193 Å². The molecule has 0 aromatic rings. The SMILES string of the molecule is COCCOCCOCCOCCC[Si](C)(C)O[Si](C)(C)O[Si](C)(C)O[Si](C)(C)Cl. The van der Waals surface area contributed by atoms with Crippen molar-refractivity contribution in [1.29, 1.82) is 0 Å². The van der Waals surface area contributed by atoms with Gasteiger partial charge in [0.25, 0.3) is 7.63 Å². The first-order valence-electron chi connectivity index (χ1n) is 10.7. The van der Waals surface area contributed by atoms with E-state index in [1.54, 1.807) is 7.11 Å². The van der Waals surface area contributed by atoms with Crippen molar-refractivity contribution in [3.05, 3.63) is 0 Å². The summed E-state index contributed by atoms with van der Waals surface area (Å²) in [6.07, 6.45) is 0.975. The van der Waals surface area contributed by atoms with Crippen molar-refractivity contribution in [3.8, 4) is 0 Å². The number of ether oxygens (including phenoxy) is 4. The van der Waals surface area contributed by atoms with E-state index >= 15 is 0 Å². The number of hydrogen-bond donors (Lipinski definition) is 0. The third-order valence-corrected chi connectivity index (χ3v) is 18.0. The van der Waals surface area contributed by atoms with Gasteiger partial charge in [0.1, 0.15) is 0 Å². The largest absolute Gasteiger partial charge is 0.436 e. The van der Waals surface area contributed by atoms with E-state index in [0.29, 0.717) is 46.2 Å². The lowest BCUT2D eigenvalue weighted by atomic mass is 10.5. The van der Waals surface area contributed by atoms with Crippen LogP contribution in [0.1, 0.15) is 6.42 Å².